The van der Waals surface area contributed by atoms with E-state index in [-0.39, 0.29) is 12.0 Å². The summed E-state index contributed by atoms with van der Waals surface area (Å²) in [5.74, 6) is -5.06. The lowest BCUT2D eigenvalue weighted by Gasteiger charge is -2.35. The zero-order valence-corrected chi connectivity index (χ0v) is 10.9. The lowest BCUT2D eigenvalue weighted by Crippen LogP contribution is -2.46. The minimum absolute atomic E-state index is 0.0818. The van der Waals surface area contributed by atoms with Gasteiger partial charge in [0.2, 0.25) is 0 Å². The summed E-state index contributed by atoms with van der Waals surface area (Å²) in [6.45, 7) is 2.67. The molecule has 1 aromatic rings. The number of hydrogen-bond donors (Lipinski definition) is 1. The Morgan fingerprint density at radius 3 is 2.05 bits per heavy atom. The van der Waals surface area contributed by atoms with Crippen molar-refractivity contribution >= 4 is 0 Å². The second kappa shape index (κ2) is 5.33. The van der Waals surface area contributed by atoms with Crippen LogP contribution in [0.5, 0.6) is 0 Å². The molecule has 1 aliphatic carbocycles. The van der Waals surface area contributed by atoms with Gasteiger partial charge < -0.3 is 5.32 Å². The maximum Gasteiger partial charge on any atom is 0.166 e. The molecule has 1 atom stereocenters. The Morgan fingerprint density at radius 1 is 1.00 bits per heavy atom. The maximum atomic E-state index is 14.0. The second-order valence-electron chi connectivity index (χ2n) is 5.45. The number of hydrogen-bond acceptors (Lipinski definition) is 2. The fraction of sp³-hybridized carbons (Fsp3) is 0.571. The van der Waals surface area contributed by atoms with Crippen LogP contribution in [0.25, 0.3) is 0 Å². The third-order valence-corrected chi connectivity index (χ3v) is 4.06. The fourth-order valence-corrected chi connectivity index (χ4v) is 2.94. The highest BCUT2D eigenvalue weighted by Crippen LogP contribution is 2.46. The quantitative estimate of drug-likeness (QED) is 0.679. The molecular weight excluding hydrogens is 272 g/mol. The summed E-state index contributed by atoms with van der Waals surface area (Å²) in [5.41, 5.74) is -0.438. The second-order valence-corrected chi connectivity index (χ2v) is 5.45. The first kappa shape index (κ1) is 13.8. The van der Waals surface area contributed by atoms with Crippen molar-refractivity contribution in [1.29, 1.82) is 0 Å². The van der Waals surface area contributed by atoms with Gasteiger partial charge in [-0.3, -0.25) is 4.90 Å². The normalized spacial score (nSPS) is 22.0. The van der Waals surface area contributed by atoms with Crippen LogP contribution in [0.15, 0.2) is 6.07 Å². The van der Waals surface area contributed by atoms with Crippen LogP contribution in [-0.2, 0) is 0 Å². The predicted octanol–water partition coefficient (Wildman–Crippen LogP) is 2.60. The minimum atomic E-state index is -1.32. The number of halogens is 4. The van der Waals surface area contributed by atoms with E-state index in [0.29, 0.717) is 26.2 Å². The van der Waals surface area contributed by atoms with E-state index in [9.17, 15) is 17.6 Å². The average Bonchev–Trinajstić information content (AvgIpc) is 3.27. The zero-order valence-electron chi connectivity index (χ0n) is 10.9. The Labute approximate surface area is 114 Å². The van der Waals surface area contributed by atoms with Gasteiger partial charge in [-0.05, 0) is 18.8 Å². The first-order valence-corrected chi connectivity index (χ1v) is 6.87. The van der Waals surface area contributed by atoms with Gasteiger partial charge in [-0.15, -0.1) is 0 Å². The molecule has 1 aromatic carbocycles. The van der Waals surface area contributed by atoms with Gasteiger partial charge in [0.1, 0.15) is 0 Å². The third kappa shape index (κ3) is 2.42. The summed E-state index contributed by atoms with van der Waals surface area (Å²) in [5, 5.41) is 3.16. The molecule has 2 nitrogen and oxygen atoms in total. The molecule has 0 amide bonds. The minimum Gasteiger partial charge on any atom is -0.314 e. The van der Waals surface area contributed by atoms with Crippen molar-refractivity contribution < 1.29 is 17.6 Å². The van der Waals surface area contributed by atoms with Gasteiger partial charge in [0.15, 0.2) is 23.3 Å². The Hall–Kier alpha value is -1.14. The first-order valence-electron chi connectivity index (χ1n) is 6.87. The van der Waals surface area contributed by atoms with Crippen molar-refractivity contribution in [1.82, 2.24) is 10.2 Å². The van der Waals surface area contributed by atoms with Crippen molar-refractivity contribution in [3.8, 4) is 0 Å². The summed E-state index contributed by atoms with van der Waals surface area (Å²) in [7, 11) is 0. The number of nitrogens with one attached hydrogen (secondary N) is 1. The lowest BCUT2D eigenvalue weighted by atomic mass is 9.98. The molecule has 110 valence electrons. The molecule has 1 N–H and O–H groups in total. The van der Waals surface area contributed by atoms with Gasteiger partial charge in [0, 0.05) is 43.9 Å². The number of benzene rings is 1. The molecule has 1 saturated carbocycles. The smallest absolute Gasteiger partial charge is 0.166 e. The molecule has 20 heavy (non-hydrogen) atoms. The largest absolute Gasteiger partial charge is 0.314 e. The highest BCUT2D eigenvalue weighted by Gasteiger charge is 2.41. The molecule has 6 heteroatoms. The molecule has 1 aliphatic heterocycles. The molecule has 0 unspecified atom stereocenters. The monoisotopic (exact) mass is 288 g/mol. The van der Waals surface area contributed by atoms with E-state index in [2.05, 4.69) is 5.32 Å². The summed E-state index contributed by atoms with van der Waals surface area (Å²) in [6.07, 6.45) is 1.68. The molecule has 2 fully saturated rings. The number of rotatable bonds is 3. The van der Waals surface area contributed by atoms with Crippen LogP contribution in [0, 0.1) is 29.2 Å². The van der Waals surface area contributed by atoms with Crippen LogP contribution in [-0.4, -0.2) is 31.1 Å². The van der Waals surface area contributed by atoms with Crippen LogP contribution in [0.3, 0.4) is 0 Å². The van der Waals surface area contributed by atoms with Crippen LogP contribution >= 0.6 is 0 Å². The Balaban J connectivity index is 2.03. The fourth-order valence-electron chi connectivity index (χ4n) is 2.94. The molecule has 0 aromatic heterocycles. The van der Waals surface area contributed by atoms with E-state index < -0.39 is 34.9 Å². The van der Waals surface area contributed by atoms with E-state index in [1.807, 2.05) is 4.90 Å². The van der Waals surface area contributed by atoms with Gasteiger partial charge in [-0.1, -0.05) is 0 Å². The van der Waals surface area contributed by atoms with Gasteiger partial charge >= 0.3 is 0 Å². The van der Waals surface area contributed by atoms with Gasteiger partial charge in [0.25, 0.3) is 0 Å². The average molecular weight is 288 g/mol. The van der Waals surface area contributed by atoms with Crippen molar-refractivity contribution in [3.63, 3.8) is 0 Å². The van der Waals surface area contributed by atoms with Crippen LogP contribution < -0.4 is 5.32 Å². The number of piperazine rings is 1. The first-order chi connectivity index (χ1) is 9.59. The molecule has 0 bridgehead atoms. The van der Waals surface area contributed by atoms with Gasteiger partial charge in [-0.25, -0.2) is 17.6 Å². The molecule has 0 radical (unpaired) electrons. The predicted molar refractivity (Wildman–Crippen MR) is 66.2 cm³/mol. The van der Waals surface area contributed by atoms with E-state index in [1.54, 1.807) is 0 Å². The molecule has 3 rings (SSSR count). The van der Waals surface area contributed by atoms with Crippen LogP contribution in [0.1, 0.15) is 24.4 Å². The highest BCUT2D eigenvalue weighted by atomic mass is 19.2. The van der Waals surface area contributed by atoms with E-state index in [0.717, 1.165) is 12.8 Å². The molecule has 0 spiro atoms. The standard InChI is InChI=1S/C14H16F4N2/c15-9-7-10(16)13(18)11(12(9)17)14(8-1-2-8)20-5-3-19-4-6-20/h7-8,14,19H,1-6H2/t14-/m1/s1. The van der Waals surface area contributed by atoms with Crippen LogP contribution in [0.4, 0.5) is 17.6 Å². The lowest BCUT2D eigenvalue weighted by molar-refractivity contribution is 0.147. The molecule has 2 aliphatic rings. The Morgan fingerprint density at radius 2 is 1.55 bits per heavy atom. The van der Waals surface area contributed by atoms with E-state index >= 15 is 0 Å². The molecule has 1 heterocycles. The zero-order chi connectivity index (χ0) is 14.3. The Bertz CT molecular complexity index is 484. The third-order valence-electron chi connectivity index (χ3n) is 4.06. The maximum absolute atomic E-state index is 14.0. The summed E-state index contributed by atoms with van der Waals surface area (Å²) < 4.78 is 54.9. The summed E-state index contributed by atoms with van der Waals surface area (Å²) in [4.78, 5) is 1.93. The van der Waals surface area contributed by atoms with Crippen LogP contribution in [0.2, 0.25) is 0 Å². The van der Waals surface area contributed by atoms with Crippen molar-refractivity contribution in [2.45, 2.75) is 18.9 Å². The van der Waals surface area contributed by atoms with E-state index in [1.165, 1.54) is 0 Å². The SMILES string of the molecule is Fc1cc(F)c(F)c([C@@H](C2CC2)N2CCNCC2)c1F. The summed E-state index contributed by atoms with van der Waals surface area (Å²) >= 11 is 0. The Kier molecular flexibility index (Phi) is 3.69. The van der Waals surface area contributed by atoms with Crippen molar-refractivity contribution in [2.75, 3.05) is 26.2 Å². The van der Waals surface area contributed by atoms with Gasteiger partial charge in [0.05, 0.1) is 0 Å². The topological polar surface area (TPSA) is 15.3 Å². The van der Waals surface area contributed by atoms with Gasteiger partial charge in [-0.2, -0.15) is 0 Å². The van der Waals surface area contributed by atoms with Crippen molar-refractivity contribution in [2.24, 2.45) is 5.92 Å². The highest BCUT2D eigenvalue weighted by molar-refractivity contribution is 5.27. The molecular formula is C14H16F4N2. The molecule has 1 saturated heterocycles. The van der Waals surface area contributed by atoms with E-state index in [4.69, 9.17) is 0 Å². The van der Waals surface area contributed by atoms with Crippen molar-refractivity contribution in [3.05, 3.63) is 34.9 Å². The summed E-state index contributed by atoms with van der Waals surface area (Å²) in [6, 6.07) is -0.294. The number of nitrogens with zero attached hydrogens (tertiary/aromatic N) is 1.